The Morgan fingerprint density at radius 1 is 1.18 bits per heavy atom. The molecule has 1 fully saturated rings. The molecular weight excluding hydrogens is 606 g/mol. The Kier molecular flexibility index (Phi) is 10.6. The minimum absolute atomic E-state index is 0.00488. The van der Waals surface area contributed by atoms with Crippen LogP contribution in [0.25, 0.3) is 10.9 Å². The van der Waals surface area contributed by atoms with E-state index in [1.165, 1.54) is 32.4 Å². The minimum atomic E-state index is -4.52. The Hall–Kier alpha value is -3.55. The Labute approximate surface area is 253 Å². The van der Waals surface area contributed by atoms with Gasteiger partial charge in [-0.05, 0) is 42.7 Å². The van der Waals surface area contributed by atoms with Gasteiger partial charge in [0.1, 0.15) is 18.5 Å². The van der Waals surface area contributed by atoms with Crippen LogP contribution in [-0.2, 0) is 21.3 Å². The zero-order chi connectivity index (χ0) is 32.1. The van der Waals surface area contributed by atoms with E-state index in [0.717, 1.165) is 4.57 Å². The number of piperidine rings is 1. The topological polar surface area (TPSA) is 131 Å². The summed E-state index contributed by atoms with van der Waals surface area (Å²) >= 11 is 0. The predicted molar refractivity (Wildman–Crippen MR) is 159 cm³/mol. The van der Waals surface area contributed by atoms with Gasteiger partial charge in [-0.15, -0.1) is 0 Å². The number of hydrogen-bond donors (Lipinski definition) is 4. The first-order valence-electron chi connectivity index (χ1n) is 13.7. The second-order valence-corrected chi connectivity index (χ2v) is 12.0. The average Bonchev–Trinajstić information content (AvgIpc) is 3.28. The molecular formula is C29H35F4N5O5S. The highest BCUT2D eigenvalue weighted by Gasteiger charge is 2.32. The van der Waals surface area contributed by atoms with Crippen molar-refractivity contribution in [3.8, 4) is 17.6 Å². The molecule has 0 saturated carbocycles. The number of halogens is 4. The summed E-state index contributed by atoms with van der Waals surface area (Å²) in [6.07, 6.45) is -6.09. The molecule has 44 heavy (non-hydrogen) atoms. The molecule has 0 aliphatic carbocycles. The molecule has 0 radical (unpaired) electrons. The molecule has 1 aromatic heterocycles. The van der Waals surface area contributed by atoms with Gasteiger partial charge in [0.25, 0.3) is 0 Å². The number of likely N-dealkylation sites (tertiary alicyclic amines) is 1. The Bertz CT molecular complexity index is 1620. The number of β-amino-alcohol motifs (C(OH)–C–C–N with tert-alkyl or cyclic N) is 1. The summed E-state index contributed by atoms with van der Waals surface area (Å²) in [6.45, 7) is -0.206. The lowest BCUT2D eigenvalue weighted by molar-refractivity contribution is -0.140. The van der Waals surface area contributed by atoms with Gasteiger partial charge in [0.15, 0.2) is 0 Å². The van der Waals surface area contributed by atoms with Crippen LogP contribution in [0.4, 0.5) is 28.9 Å². The highest BCUT2D eigenvalue weighted by atomic mass is 32.2. The van der Waals surface area contributed by atoms with E-state index in [2.05, 4.69) is 22.5 Å². The monoisotopic (exact) mass is 641 g/mol. The van der Waals surface area contributed by atoms with Gasteiger partial charge < -0.3 is 29.8 Å². The first-order chi connectivity index (χ1) is 20.8. The summed E-state index contributed by atoms with van der Waals surface area (Å²) in [5.74, 6) is 5.80. The number of fused-ring (bicyclic) bond motifs is 1. The fourth-order valence-corrected chi connectivity index (χ4v) is 5.70. The fraction of sp³-hybridized carbons (Fsp3) is 0.448. The molecule has 240 valence electrons. The van der Waals surface area contributed by atoms with Crippen molar-refractivity contribution in [2.75, 3.05) is 57.6 Å². The standard InChI is InChI=1S/C29H35F4N5O5S/c1-42-17-20(39)15-37-12-10-25(23(30)16-37)36-24-6-3-7-27-22(24)13-19(38(27)18-29(31,32)33)5-4-11-35-26-9-8-21(44(34,40)41)14-28(26)43-2/h3,6-9,13-14,20,23,25,35-36,39H,10-12,15-18H2,1-2H3,(H2,34,40,41)/t20-,23+,25-/m1/s1. The van der Waals surface area contributed by atoms with Crippen LogP contribution in [-0.4, -0.2) is 94.5 Å². The van der Waals surface area contributed by atoms with Crippen LogP contribution < -0.4 is 20.5 Å². The summed E-state index contributed by atoms with van der Waals surface area (Å²) in [5, 5.41) is 21.8. The number of nitrogens with zero attached hydrogens (tertiary/aromatic N) is 2. The van der Waals surface area contributed by atoms with E-state index in [0.29, 0.717) is 35.2 Å². The molecule has 2 aromatic carbocycles. The number of ether oxygens (including phenoxy) is 2. The van der Waals surface area contributed by atoms with Crippen molar-refractivity contribution in [3.63, 3.8) is 0 Å². The maximum absolute atomic E-state index is 15.2. The maximum atomic E-state index is 15.2. The highest BCUT2D eigenvalue weighted by molar-refractivity contribution is 7.89. The third kappa shape index (κ3) is 8.54. The number of aliphatic hydroxyl groups is 1. The van der Waals surface area contributed by atoms with E-state index in [1.807, 2.05) is 4.90 Å². The first-order valence-corrected chi connectivity index (χ1v) is 15.3. The van der Waals surface area contributed by atoms with Crippen molar-refractivity contribution >= 4 is 32.3 Å². The molecule has 10 nitrogen and oxygen atoms in total. The van der Waals surface area contributed by atoms with Crippen LogP contribution in [0.1, 0.15) is 12.1 Å². The number of sulfonamides is 1. The number of methoxy groups -OCH3 is 2. The number of alkyl halides is 4. The third-order valence-corrected chi connectivity index (χ3v) is 8.07. The summed E-state index contributed by atoms with van der Waals surface area (Å²) < 4.78 is 90.4. The second-order valence-electron chi connectivity index (χ2n) is 10.5. The molecule has 15 heteroatoms. The Morgan fingerprint density at radius 2 is 1.95 bits per heavy atom. The molecule has 3 atom stereocenters. The number of nitrogens with two attached hydrogens (primary N) is 1. The molecule has 4 rings (SSSR count). The average molecular weight is 642 g/mol. The number of aromatic nitrogens is 1. The van der Waals surface area contributed by atoms with Gasteiger partial charge in [-0.2, -0.15) is 13.2 Å². The van der Waals surface area contributed by atoms with Crippen LogP contribution in [0.2, 0.25) is 0 Å². The van der Waals surface area contributed by atoms with E-state index >= 15 is 4.39 Å². The first kappa shape index (κ1) is 33.3. The van der Waals surface area contributed by atoms with Crippen molar-refractivity contribution in [2.45, 2.75) is 42.4 Å². The smallest absolute Gasteiger partial charge is 0.406 e. The molecule has 5 N–H and O–H groups in total. The molecule has 0 unspecified atom stereocenters. The number of rotatable bonds is 11. The van der Waals surface area contributed by atoms with Crippen LogP contribution in [0.15, 0.2) is 47.4 Å². The number of benzene rings is 2. The van der Waals surface area contributed by atoms with Crippen molar-refractivity contribution in [3.05, 3.63) is 48.2 Å². The molecule has 3 aromatic rings. The van der Waals surface area contributed by atoms with E-state index in [9.17, 15) is 26.7 Å². The van der Waals surface area contributed by atoms with Gasteiger partial charge >= 0.3 is 6.18 Å². The highest BCUT2D eigenvalue weighted by Crippen LogP contribution is 2.32. The lowest BCUT2D eigenvalue weighted by atomic mass is 10.0. The summed E-state index contributed by atoms with van der Waals surface area (Å²) in [4.78, 5) is 1.68. The van der Waals surface area contributed by atoms with E-state index in [1.54, 1.807) is 24.3 Å². The molecule has 1 aliphatic rings. The molecule has 0 spiro atoms. The predicted octanol–water partition coefficient (Wildman–Crippen LogP) is 3.15. The van der Waals surface area contributed by atoms with Gasteiger partial charge in [-0.25, -0.2) is 17.9 Å². The molecule has 0 bridgehead atoms. The van der Waals surface area contributed by atoms with E-state index in [-0.39, 0.29) is 42.6 Å². The number of nitrogens with one attached hydrogen (secondary N) is 2. The normalized spacial score (nSPS) is 18.5. The van der Waals surface area contributed by atoms with E-state index < -0.39 is 41.1 Å². The molecule has 1 aliphatic heterocycles. The van der Waals surface area contributed by atoms with Crippen molar-refractivity contribution < 1.29 is 40.6 Å². The number of hydrogen-bond acceptors (Lipinski definition) is 8. The van der Waals surface area contributed by atoms with Gasteiger partial charge in [-0.1, -0.05) is 12.0 Å². The SMILES string of the molecule is COC[C@H](O)CN1CC[C@@H](Nc2cccc3c2cc(C#CCNc2ccc(S(N)(=O)=O)cc2OC)n3CC(F)(F)F)[C@@H](F)C1. The maximum Gasteiger partial charge on any atom is 0.406 e. The van der Waals surface area contributed by atoms with Crippen molar-refractivity contribution in [2.24, 2.45) is 5.14 Å². The summed E-state index contributed by atoms with van der Waals surface area (Å²) in [5.41, 5.74) is 1.31. The third-order valence-electron chi connectivity index (χ3n) is 7.16. The molecule has 2 heterocycles. The van der Waals surface area contributed by atoms with Gasteiger partial charge in [0.2, 0.25) is 10.0 Å². The zero-order valence-corrected chi connectivity index (χ0v) is 25.0. The molecule has 1 saturated heterocycles. The number of anilines is 2. The summed E-state index contributed by atoms with van der Waals surface area (Å²) in [7, 11) is -1.12. The van der Waals surface area contributed by atoms with Gasteiger partial charge in [-0.3, -0.25) is 4.90 Å². The Morgan fingerprint density at radius 3 is 2.61 bits per heavy atom. The quantitative estimate of drug-likeness (QED) is 0.186. The van der Waals surface area contributed by atoms with Gasteiger partial charge in [0.05, 0.1) is 54.2 Å². The molecule has 0 amide bonds. The Balaban J connectivity index is 1.54. The van der Waals surface area contributed by atoms with Crippen molar-refractivity contribution in [1.29, 1.82) is 0 Å². The zero-order valence-electron chi connectivity index (χ0n) is 24.2. The van der Waals surface area contributed by atoms with Crippen LogP contribution >= 0.6 is 0 Å². The number of aliphatic hydroxyl groups excluding tert-OH is 1. The van der Waals surface area contributed by atoms with Gasteiger partial charge in [0, 0.05) is 43.9 Å². The minimum Gasteiger partial charge on any atom is -0.495 e. The van der Waals surface area contributed by atoms with Crippen LogP contribution in [0.3, 0.4) is 0 Å². The van der Waals surface area contributed by atoms with E-state index in [4.69, 9.17) is 14.6 Å². The summed E-state index contributed by atoms with van der Waals surface area (Å²) in [6, 6.07) is 9.81. The largest absolute Gasteiger partial charge is 0.495 e. The van der Waals surface area contributed by atoms with Crippen LogP contribution in [0, 0.1) is 11.8 Å². The second kappa shape index (κ2) is 14.0. The fourth-order valence-electron chi connectivity index (χ4n) is 5.17. The number of primary sulfonamides is 1. The van der Waals surface area contributed by atoms with Crippen LogP contribution in [0.5, 0.6) is 5.75 Å². The van der Waals surface area contributed by atoms with Crippen molar-refractivity contribution in [1.82, 2.24) is 9.47 Å². The lowest BCUT2D eigenvalue weighted by Crippen LogP contribution is -2.50. The lowest BCUT2D eigenvalue weighted by Gasteiger charge is -2.36.